The molecule has 0 aliphatic carbocycles. The lowest BCUT2D eigenvalue weighted by molar-refractivity contribution is -0.136. The Balaban J connectivity index is 1.55. The number of aromatic nitrogens is 1. The van der Waals surface area contributed by atoms with Gasteiger partial charge in [0.2, 0.25) is 0 Å². The number of carbonyl (C=O) groups is 2. The van der Waals surface area contributed by atoms with Crippen LogP contribution in [0.2, 0.25) is 0 Å². The van der Waals surface area contributed by atoms with Crippen LogP contribution in [0.1, 0.15) is 28.5 Å². The number of para-hydroxylation sites is 1. The van der Waals surface area contributed by atoms with E-state index in [1.54, 1.807) is 24.3 Å². The number of amides is 2. The predicted molar refractivity (Wildman–Crippen MR) is 120 cm³/mol. The van der Waals surface area contributed by atoms with E-state index in [2.05, 4.69) is 22.4 Å². The summed E-state index contributed by atoms with van der Waals surface area (Å²) in [6, 6.07) is 16.7. The Bertz CT molecular complexity index is 1080. The second kappa shape index (κ2) is 10.7. The Morgan fingerprint density at radius 2 is 1.84 bits per heavy atom. The average molecular weight is 437 g/mol. The first-order chi connectivity index (χ1) is 15.4. The van der Waals surface area contributed by atoms with Gasteiger partial charge in [-0.05, 0) is 55.8 Å². The molecule has 32 heavy (non-hydrogen) atoms. The van der Waals surface area contributed by atoms with Crippen molar-refractivity contribution in [1.82, 2.24) is 15.8 Å². The zero-order valence-corrected chi connectivity index (χ0v) is 18.0. The van der Waals surface area contributed by atoms with Crippen LogP contribution in [0.3, 0.4) is 0 Å². The lowest BCUT2D eigenvalue weighted by atomic mass is 10.0. The van der Waals surface area contributed by atoms with Crippen molar-refractivity contribution in [2.24, 2.45) is 5.92 Å². The number of aliphatic hydroxyl groups is 1. The Labute approximate surface area is 186 Å². The highest BCUT2D eigenvalue weighted by Gasteiger charge is 2.24. The number of aliphatic hydroxyl groups excluding tert-OH is 1. The van der Waals surface area contributed by atoms with Crippen molar-refractivity contribution < 1.29 is 24.6 Å². The Hall–Kier alpha value is -3.49. The molecule has 3 aromatic rings. The topological polar surface area (TPSA) is 121 Å². The third-order valence-corrected chi connectivity index (χ3v) is 5.20. The van der Waals surface area contributed by atoms with E-state index in [0.717, 1.165) is 23.0 Å². The monoisotopic (exact) mass is 437 g/mol. The molecular weight excluding hydrogens is 410 g/mol. The molecule has 1 aromatic heterocycles. The zero-order valence-electron chi connectivity index (χ0n) is 18.0. The number of nitrogens with zero attached hydrogens (tertiary/aromatic N) is 1. The number of benzene rings is 2. The molecule has 0 fully saturated rings. The summed E-state index contributed by atoms with van der Waals surface area (Å²) >= 11 is 0. The first-order valence-corrected chi connectivity index (χ1v) is 10.4. The molecule has 0 saturated carbocycles. The van der Waals surface area contributed by atoms with Crippen LogP contribution in [-0.4, -0.2) is 46.4 Å². The first kappa shape index (κ1) is 23.2. The fourth-order valence-electron chi connectivity index (χ4n) is 3.45. The zero-order chi connectivity index (χ0) is 23.1. The summed E-state index contributed by atoms with van der Waals surface area (Å²) in [6.45, 7) is 3.75. The van der Waals surface area contributed by atoms with Crippen LogP contribution in [0.5, 0.6) is 5.75 Å². The van der Waals surface area contributed by atoms with Gasteiger partial charge in [-0.15, -0.1) is 0 Å². The predicted octanol–water partition coefficient (Wildman–Crippen LogP) is 2.40. The van der Waals surface area contributed by atoms with Crippen molar-refractivity contribution >= 4 is 22.7 Å². The molecule has 0 aliphatic heterocycles. The number of carbonyl (C=O) groups excluding carboxylic acids is 2. The van der Waals surface area contributed by atoms with E-state index in [1.807, 2.05) is 25.1 Å². The molecule has 0 radical (unpaired) electrons. The molecule has 1 heterocycles. The van der Waals surface area contributed by atoms with Crippen molar-refractivity contribution in [2.75, 3.05) is 13.2 Å². The van der Waals surface area contributed by atoms with Crippen LogP contribution >= 0.6 is 0 Å². The van der Waals surface area contributed by atoms with Gasteiger partial charge in [0.05, 0.1) is 24.1 Å². The summed E-state index contributed by atoms with van der Waals surface area (Å²) in [5.74, 6) is -1.48. The van der Waals surface area contributed by atoms with Crippen molar-refractivity contribution in [3.8, 4) is 5.75 Å². The maximum atomic E-state index is 12.3. The lowest BCUT2D eigenvalue weighted by Crippen LogP contribution is -2.42. The second-order valence-electron chi connectivity index (χ2n) is 7.60. The molecule has 0 bridgehead atoms. The van der Waals surface area contributed by atoms with E-state index in [-0.39, 0.29) is 6.54 Å². The molecule has 2 unspecified atom stereocenters. The normalized spacial score (nSPS) is 12.8. The van der Waals surface area contributed by atoms with Gasteiger partial charge in [0.25, 0.3) is 11.8 Å². The first-order valence-electron chi connectivity index (χ1n) is 10.4. The van der Waals surface area contributed by atoms with Gasteiger partial charge in [-0.1, -0.05) is 18.2 Å². The minimum atomic E-state index is -1.03. The number of hydroxylamine groups is 1. The van der Waals surface area contributed by atoms with E-state index in [0.29, 0.717) is 17.9 Å². The summed E-state index contributed by atoms with van der Waals surface area (Å²) in [5.41, 5.74) is 4.98. The number of ether oxygens (including phenoxy) is 1. The molecule has 8 heteroatoms. The quantitative estimate of drug-likeness (QED) is 0.301. The van der Waals surface area contributed by atoms with Crippen LogP contribution < -0.4 is 15.5 Å². The van der Waals surface area contributed by atoms with Crippen molar-refractivity contribution in [1.29, 1.82) is 0 Å². The summed E-state index contributed by atoms with van der Waals surface area (Å²) in [6.07, 6.45) is -0.306. The van der Waals surface area contributed by atoms with E-state index >= 15 is 0 Å². The summed E-state index contributed by atoms with van der Waals surface area (Å²) in [7, 11) is 0. The maximum absolute atomic E-state index is 12.3. The minimum absolute atomic E-state index is 0.111. The number of hydrogen-bond acceptors (Lipinski definition) is 6. The molecule has 2 atom stereocenters. The molecule has 0 spiro atoms. The van der Waals surface area contributed by atoms with E-state index in [1.165, 1.54) is 18.0 Å². The van der Waals surface area contributed by atoms with Crippen LogP contribution in [0, 0.1) is 12.8 Å². The summed E-state index contributed by atoms with van der Waals surface area (Å²) in [4.78, 5) is 28.4. The summed E-state index contributed by atoms with van der Waals surface area (Å²) in [5, 5.41) is 22.1. The van der Waals surface area contributed by atoms with Crippen molar-refractivity contribution in [2.45, 2.75) is 26.4 Å². The number of fused-ring (bicyclic) bond motifs is 1. The van der Waals surface area contributed by atoms with Gasteiger partial charge < -0.3 is 15.2 Å². The number of hydrogen-bond donors (Lipinski definition) is 4. The van der Waals surface area contributed by atoms with E-state index in [9.17, 15) is 14.7 Å². The fourth-order valence-corrected chi connectivity index (χ4v) is 3.45. The van der Waals surface area contributed by atoms with E-state index < -0.39 is 23.8 Å². The van der Waals surface area contributed by atoms with E-state index in [4.69, 9.17) is 9.94 Å². The molecule has 8 nitrogen and oxygen atoms in total. The Morgan fingerprint density at radius 3 is 2.53 bits per heavy atom. The Kier molecular flexibility index (Phi) is 7.75. The van der Waals surface area contributed by atoms with Crippen LogP contribution in [0.15, 0.2) is 54.6 Å². The van der Waals surface area contributed by atoms with Gasteiger partial charge in [-0.2, -0.15) is 0 Å². The highest BCUT2D eigenvalue weighted by molar-refractivity contribution is 5.94. The number of aryl methyl sites for hydroxylation is 1. The van der Waals surface area contributed by atoms with Crippen LogP contribution in [-0.2, 0) is 11.2 Å². The molecule has 4 N–H and O–H groups in total. The van der Waals surface area contributed by atoms with Gasteiger partial charge in [0.1, 0.15) is 5.75 Å². The second-order valence-corrected chi connectivity index (χ2v) is 7.60. The standard InChI is InChI=1S/C24H27N3O5/c1-15-13-18(20-5-3-4-6-22(20)26-15)11-12-32-19-9-7-17(8-10-19)23(29)25-14-21(16(2)28)24(30)27-31/h3-10,13,16,21,28,31H,11-12,14H2,1-2H3,(H,25,29)(H,27,30). The molecule has 3 rings (SSSR count). The third kappa shape index (κ3) is 5.81. The highest BCUT2D eigenvalue weighted by atomic mass is 16.5. The molecule has 2 aromatic carbocycles. The SMILES string of the molecule is Cc1cc(CCOc2ccc(C(=O)NCC(C(=O)NO)C(C)O)cc2)c2ccccc2n1. The van der Waals surface area contributed by atoms with Crippen LogP contribution in [0.25, 0.3) is 10.9 Å². The van der Waals surface area contributed by atoms with Gasteiger partial charge in [0, 0.05) is 29.6 Å². The largest absolute Gasteiger partial charge is 0.493 e. The van der Waals surface area contributed by atoms with Crippen molar-refractivity contribution in [3.63, 3.8) is 0 Å². The van der Waals surface area contributed by atoms with Gasteiger partial charge in [-0.3, -0.25) is 19.8 Å². The van der Waals surface area contributed by atoms with Crippen molar-refractivity contribution in [3.05, 3.63) is 71.4 Å². The highest BCUT2D eigenvalue weighted by Crippen LogP contribution is 2.19. The minimum Gasteiger partial charge on any atom is -0.493 e. The van der Waals surface area contributed by atoms with Gasteiger partial charge in [0.15, 0.2) is 0 Å². The molecule has 2 amide bonds. The number of pyridine rings is 1. The summed E-state index contributed by atoms with van der Waals surface area (Å²) < 4.78 is 5.84. The smallest absolute Gasteiger partial charge is 0.251 e. The lowest BCUT2D eigenvalue weighted by Gasteiger charge is -2.18. The van der Waals surface area contributed by atoms with Crippen LogP contribution in [0.4, 0.5) is 0 Å². The van der Waals surface area contributed by atoms with Gasteiger partial charge in [-0.25, -0.2) is 5.48 Å². The molecule has 0 saturated heterocycles. The molecule has 0 aliphatic rings. The average Bonchev–Trinajstić information content (AvgIpc) is 2.79. The fraction of sp³-hybridized carbons (Fsp3) is 0.292. The molecule has 168 valence electrons. The number of rotatable bonds is 9. The Morgan fingerprint density at radius 1 is 1.12 bits per heavy atom. The number of nitrogens with one attached hydrogen (secondary N) is 2. The van der Waals surface area contributed by atoms with Gasteiger partial charge >= 0.3 is 0 Å². The maximum Gasteiger partial charge on any atom is 0.251 e. The third-order valence-electron chi connectivity index (χ3n) is 5.20. The molecular formula is C24H27N3O5.